The van der Waals surface area contributed by atoms with Crippen LogP contribution in [0, 0.1) is 0 Å². The van der Waals surface area contributed by atoms with Crippen molar-refractivity contribution in [3.05, 3.63) is 41.6 Å². The van der Waals surface area contributed by atoms with Crippen LogP contribution in [-0.4, -0.2) is 17.9 Å². The van der Waals surface area contributed by atoms with Gasteiger partial charge >= 0.3 is 0 Å². The molecular formula is C11H9Br2NOS2. The Balaban J connectivity index is 2.05. The molecule has 0 aliphatic heterocycles. The van der Waals surface area contributed by atoms with E-state index in [4.69, 9.17) is 0 Å². The van der Waals surface area contributed by atoms with E-state index in [2.05, 4.69) is 37.2 Å². The van der Waals surface area contributed by atoms with Crippen LogP contribution in [0.1, 0.15) is 15.2 Å². The van der Waals surface area contributed by atoms with Crippen molar-refractivity contribution < 1.29 is 4.79 Å². The molecule has 0 bridgehead atoms. The van der Waals surface area contributed by atoms with Gasteiger partial charge in [-0.1, -0.05) is 0 Å². The van der Waals surface area contributed by atoms with Gasteiger partial charge in [-0.25, -0.2) is 0 Å². The predicted octanol–water partition coefficient (Wildman–Crippen LogP) is 4.61. The Kier molecular flexibility index (Phi) is 4.41. The first-order chi connectivity index (χ1) is 8.06. The van der Waals surface area contributed by atoms with Crippen LogP contribution in [0.25, 0.3) is 0 Å². The second kappa shape index (κ2) is 5.65. The normalized spacial score (nSPS) is 10.5. The van der Waals surface area contributed by atoms with Gasteiger partial charge in [-0.3, -0.25) is 4.79 Å². The summed E-state index contributed by atoms with van der Waals surface area (Å²) in [5.41, 5.74) is 1.15. The van der Waals surface area contributed by atoms with E-state index >= 15 is 0 Å². The van der Waals surface area contributed by atoms with Crippen molar-refractivity contribution >= 4 is 60.4 Å². The molecule has 2 heterocycles. The van der Waals surface area contributed by atoms with Gasteiger partial charge in [-0.05, 0) is 61.0 Å². The van der Waals surface area contributed by atoms with Crippen molar-refractivity contribution in [1.29, 1.82) is 0 Å². The Labute approximate surface area is 125 Å². The highest BCUT2D eigenvalue weighted by Gasteiger charge is 2.14. The number of nitrogens with zero attached hydrogens (tertiary/aromatic N) is 1. The second-order valence-electron chi connectivity index (χ2n) is 3.52. The van der Waals surface area contributed by atoms with Gasteiger partial charge in [0.05, 0.1) is 12.4 Å². The van der Waals surface area contributed by atoms with Crippen molar-refractivity contribution in [2.75, 3.05) is 7.05 Å². The lowest BCUT2D eigenvalue weighted by atomic mass is 10.3. The number of thiophene rings is 2. The summed E-state index contributed by atoms with van der Waals surface area (Å²) in [5.74, 6) is 0.0584. The quantitative estimate of drug-likeness (QED) is 0.744. The zero-order chi connectivity index (χ0) is 12.4. The Bertz CT molecular complexity index is 535. The third-order valence-corrected chi connectivity index (χ3v) is 5.34. The number of carbonyl (C=O) groups excluding carboxylic acids is 1. The summed E-state index contributed by atoms with van der Waals surface area (Å²) in [7, 11) is 1.82. The average molecular weight is 395 g/mol. The Morgan fingerprint density at radius 2 is 2.12 bits per heavy atom. The van der Waals surface area contributed by atoms with Gasteiger partial charge in [-0.2, -0.15) is 0 Å². The van der Waals surface area contributed by atoms with Crippen LogP contribution in [0.5, 0.6) is 0 Å². The maximum atomic E-state index is 12.1. The molecule has 2 aromatic rings. The lowest BCUT2D eigenvalue weighted by Gasteiger charge is -2.15. The maximum Gasteiger partial charge on any atom is 0.264 e. The summed E-state index contributed by atoms with van der Waals surface area (Å²) in [6.07, 6.45) is 0. The van der Waals surface area contributed by atoms with Crippen molar-refractivity contribution in [3.63, 3.8) is 0 Å². The van der Waals surface area contributed by atoms with E-state index in [1.165, 1.54) is 11.3 Å². The van der Waals surface area contributed by atoms with Crippen LogP contribution in [-0.2, 0) is 6.54 Å². The summed E-state index contributed by atoms with van der Waals surface area (Å²) >= 11 is 9.87. The van der Waals surface area contributed by atoms with Crippen LogP contribution in [0.15, 0.2) is 31.2 Å². The molecule has 0 aromatic carbocycles. The first-order valence-electron chi connectivity index (χ1n) is 4.80. The molecule has 2 aromatic heterocycles. The summed E-state index contributed by atoms with van der Waals surface area (Å²) < 4.78 is 2.07. The third-order valence-electron chi connectivity index (χ3n) is 2.17. The molecule has 0 radical (unpaired) electrons. The number of amides is 1. The van der Waals surface area contributed by atoms with E-state index in [9.17, 15) is 4.79 Å². The first kappa shape index (κ1) is 13.3. The third kappa shape index (κ3) is 3.40. The molecule has 0 saturated carbocycles. The van der Waals surface area contributed by atoms with Crippen molar-refractivity contribution in [2.24, 2.45) is 0 Å². The minimum Gasteiger partial charge on any atom is -0.337 e. The Hall–Kier alpha value is -0.170. The van der Waals surface area contributed by atoms with Gasteiger partial charge in [0.2, 0.25) is 0 Å². The Morgan fingerprint density at radius 1 is 1.35 bits per heavy atom. The zero-order valence-electron chi connectivity index (χ0n) is 8.94. The highest BCUT2D eigenvalue weighted by atomic mass is 79.9. The van der Waals surface area contributed by atoms with E-state index in [1.807, 2.05) is 25.2 Å². The van der Waals surface area contributed by atoms with Crippen LogP contribution < -0.4 is 0 Å². The van der Waals surface area contributed by atoms with Crippen LogP contribution >= 0.6 is 54.5 Å². The summed E-state index contributed by atoms with van der Waals surface area (Å²) in [6.45, 7) is 0.635. The van der Waals surface area contributed by atoms with Gasteiger partial charge in [0, 0.05) is 13.6 Å². The van der Waals surface area contributed by atoms with Crippen LogP contribution in [0.4, 0.5) is 0 Å². The lowest BCUT2D eigenvalue weighted by Crippen LogP contribution is -2.25. The molecule has 2 rings (SSSR count). The molecule has 0 aliphatic rings. The highest BCUT2D eigenvalue weighted by Crippen LogP contribution is 2.25. The molecule has 17 heavy (non-hydrogen) atoms. The van der Waals surface area contributed by atoms with Crippen LogP contribution in [0.3, 0.4) is 0 Å². The molecule has 0 atom stereocenters. The monoisotopic (exact) mass is 393 g/mol. The van der Waals surface area contributed by atoms with Crippen molar-refractivity contribution in [3.8, 4) is 0 Å². The molecule has 6 heteroatoms. The molecule has 0 aliphatic carbocycles. The molecule has 90 valence electrons. The highest BCUT2D eigenvalue weighted by molar-refractivity contribution is 9.11. The molecule has 2 nitrogen and oxygen atoms in total. The number of hydrogen-bond donors (Lipinski definition) is 0. The SMILES string of the molecule is CN(Cc1csc(Br)c1)C(=O)c1ccc(Br)s1. The fourth-order valence-corrected chi connectivity index (χ4v) is 3.97. The van der Waals surface area contributed by atoms with E-state index in [-0.39, 0.29) is 5.91 Å². The molecule has 0 fully saturated rings. The molecule has 0 saturated heterocycles. The predicted molar refractivity (Wildman–Crippen MR) is 79.8 cm³/mol. The number of carbonyl (C=O) groups is 1. The van der Waals surface area contributed by atoms with Gasteiger partial charge in [0.25, 0.3) is 5.91 Å². The fourth-order valence-electron chi connectivity index (χ4n) is 1.39. The molecule has 0 spiro atoms. The van der Waals surface area contributed by atoms with Gasteiger partial charge < -0.3 is 4.90 Å². The molecule has 0 unspecified atom stereocenters. The fraction of sp³-hybridized carbons (Fsp3) is 0.182. The van der Waals surface area contributed by atoms with Crippen molar-refractivity contribution in [1.82, 2.24) is 4.90 Å². The standard InChI is InChI=1S/C11H9Br2NOS2/c1-14(5-7-4-10(13)16-6-7)11(15)8-2-3-9(12)17-8/h2-4,6H,5H2,1H3. The number of rotatable bonds is 3. The largest absolute Gasteiger partial charge is 0.337 e. The summed E-state index contributed by atoms with van der Waals surface area (Å²) in [5, 5.41) is 2.05. The van der Waals surface area contributed by atoms with E-state index < -0.39 is 0 Å². The zero-order valence-corrected chi connectivity index (χ0v) is 13.7. The maximum absolute atomic E-state index is 12.1. The van der Waals surface area contributed by atoms with E-state index in [0.29, 0.717) is 6.54 Å². The smallest absolute Gasteiger partial charge is 0.264 e. The van der Waals surface area contributed by atoms with E-state index in [1.54, 1.807) is 16.2 Å². The minimum absolute atomic E-state index is 0.0584. The first-order valence-corrected chi connectivity index (χ1v) is 8.08. The van der Waals surface area contributed by atoms with Gasteiger partial charge in [0.15, 0.2) is 0 Å². The summed E-state index contributed by atoms with van der Waals surface area (Å²) in [4.78, 5) is 14.6. The van der Waals surface area contributed by atoms with Gasteiger partial charge in [-0.15, -0.1) is 22.7 Å². The van der Waals surface area contributed by atoms with Gasteiger partial charge in [0.1, 0.15) is 0 Å². The summed E-state index contributed by atoms with van der Waals surface area (Å²) in [6, 6.07) is 5.78. The van der Waals surface area contributed by atoms with Crippen LogP contribution in [0.2, 0.25) is 0 Å². The van der Waals surface area contributed by atoms with E-state index in [0.717, 1.165) is 18.0 Å². The number of hydrogen-bond acceptors (Lipinski definition) is 3. The molecular weight excluding hydrogens is 386 g/mol. The molecule has 1 amide bonds. The topological polar surface area (TPSA) is 20.3 Å². The Morgan fingerprint density at radius 3 is 2.65 bits per heavy atom. The lowest BCUT2D eigenvalue weighted by molar-refractivity contribution is 0.0790. The van der Waals surface area contributed by atoms with Crippen molar-refractivity contribution in [2.45, 2.75) is 6.54 Å². The number of halogens is 2. The second-order valence-corrected chi connectivity index (χ2v) is 8.28. The molecule has 0 N–H and O–H groups in total. The minimum atomic E-state index is 0.0584. The average Bonchev–Trinajstić information content (AvgIpc) is 2.87.